The molecule has 6 nitrogen and oxygen atoms in total. The van der Waals surface area contributed by atoms with Crippen molar-refractivity contribution < 1.29 is 14.3 Å². The Morgan fingerprint density at radius 2 is 1.65 bits per heavy atom. The van der Waals surface area contributed by atoms with Crippen LogP contribution in [-0.4, -0.2) is 80.1 Å². The van der Waals surface area contributed by atoms with Crippen molar-refractivity contribution in [3.8, 4) is 0 Å². The van der Waals surface area contributed by atoms with Crippen LogP contribution in [0.1, 0.15) is 19.3 Å². The summed E-state index contributed by atoms with van der Waals surface area (Å²) in [5, 5.41) is 0. The van der Waals surface area contributed by atoms with Gasteiger partial charge >= 0.3 is 6.03 Å². The fraction of sp³-hybridized carbons (Fsp3) is 0.857. The summed E-state index contributed by atoms with van der Waals surface area (Å²) in [7, 11) is 5.22. The molecule has 6 heteroatoms. The van der Waals surface area contributed by atoms with Crippen molar-refractivity contribution in [1.29, 1.82) is 0 Å². The van der Waals surface area contributed by atoms with Gasteiger partial charge in [-0.1, -0.05) is 0 Å². The van der Waals surface area contributed by atoms with E-state index in [9.17, 15) is 9.59 Å². The molecule has 0 aromatic rings. The van der Waals surface area contributed by atoms with Crippen LogP contribution in [-0.2, 0) is 9.53 Å². The fourth-order valence-corrected chi connectivity index (χ4v) is 2.98. The molecule has 0 aliphatic carbocycles. The molecule has 114 valence electrons. The molecule has 2 heterocycles. The maximum Gasteiger partial charge on any atom is 0.319 e. The topological polar surface area (TPSA) is 53.1 Å². The van der Waals surface area contributed by atoms with Gasteiger partial charge < -0.3 is 19.4 Å². The number of hydrogen-bond donors (Lipinski definition) is 0. The van der Waals surface area contributed by atoms with Gasteiger partial charge in [0.2, 0.25) is 5.91 Å². The Morgan fingerprint density at radius 3 is 2.15 bits per heavy atom. The maximum absolute atomic E-state index is 12.4. The predicted octanol–water partition coefficient (Wildman–Crippen LogP) is 0.627. The van der Waals surface area contributed by atoms with Crippen molar-refractivity contribution in [2.24, 2.45) is 5.92 Å². The zero-order valence-electron chi connectivity index (χ0n) is 12.7. The first kappa shape index (κ1) is 15.1. The molecular formula is C14H25N3O3. The van der Waals surface area contributed by atoms with E-state index in [1.807, 2.05) is 9.80 Å². The van der Waals surface area contributed by atoms with Crippen LogP contribution in [0.3, 0.4) is 0 Å². The Bertz CT molecular complexity index is 365. The predicted molar refractivity (Wildman–Crippen MR) is 75.4 cm³/mol. The van der Waals surface area contributed by atoms with Crippen LogP contribution in [0.5, 0.6) is 0 Å². The molecular weight excluding hydrogens is 258 g/mol. The number of methoxy groups -OCH3 is 1. The molecule has 20 heavy (non-hydrogen) atoms. The quantitative estimate of drug-likeness (QED) is 0.747. The summed E-state index contributed by atoms with van der Waals surface area (Å²) in [6, 6.07) is 0.0384. The van der Waals surface area contributed by atoms with E-state index >= 15 is 0 Å². The number of amides is 3. The smallest absolute Gasteiger partial charge is 0.319 e. The molecule has 3 amide bonds. The van der Waals surface area contributed by atoms with E-state index in [4.69, 9.17) is 4.74 Å². The number of likely N-dealkylation sites (tertiary alicyclic amines) is 2. The molecule has 2 aliphatic rings. The molecule has 0 radical (unpaired) electrons. The third-order valence-corrected chi connectivity index (χ3v) is 4.29. The summed E-state index contributed by atoms with van der Waals surface area (Å²) in [5.41, 5.74) is 0. The molecule has 0 bridgehead atoms. The molecule has 0 aromatic carbocycles. The lowest BCUT2D eigenvalue weighted by Crippen LogP contribution is -2.47. The van der Waals surface area contributed by atoms with E-state index < -0.39 is 0 Å². The Balaban J connectivity index is 1.82. The average molecular weight is 283 g/mol. The molecule has 2 rings (SSSR count). The van der Waals surface area contributed by atoms with Gasteiger partial charge in [-0.15, -0.1) is 0 Å². The Labute approximate surface area is 120 Å². The van der Waals surface area contributed by atoms with Crippen molar-refractivity contribution in [3.63, 3.8) is 0 Å². The number of carbonyl (C=O) groups excluding carboxylic acids is 2. The van der Waals surface area contributed by atoms with E-state index in [0.717, 1.165) is 25.8 Å². The fourth-order valence-electron chi connectivity index (χ4n) is 2.98. The third-order valence-electron chi connectivity index (χ3n) is 4.29. The Kier molecular flexibility index (Phi) is 4.86. The van der Waals surface area contributed by atoms with Crippen molar-refractivity contribution in [2.45, 2.75) is 25.4 Å². The molecule has 2 saturated heterocycles. The van der Waals surface area contributed by atoms with Gasteiger partial charge in [0.05, 0.1) is 6.10 Å². The summed E-state index contributed by atoms with van der Waals surface area (Å²) in [6.07, 6.45) is 2.66. The van der Waals surface area contributed by atoms with E-state index in [1.54, 1.807) is 26.1 Å². The van der Waals surface area contributed by atoms with Crippen LogP contribution >= 0.6 is 0 Å². The molecule has 1 atom stereocenters. The second-order valence-electron chi connectivity index (χ2n) is 5.87. The van der Waals surface area contributed by atoms with Crippen molar-refractivity contribution in [2.75, 3.05) is 47.4 Å². The lowest BCUT2D eigenvalue weighted by molar-refractivity contribution is -0.136. The number of piperidine rings is 1. The van der Waals surface area contributed by atoms with Crippen LogP contribution in [0.2, 0.25) is 0 Å². The SMILES string of the molecule is CO[C@@H]1CCN(C(=O)C2CCN(C(=O)N(C)C)CC2)C1. The number of nitrogens with zero attached hydrogens (tertiary/aromatic N) is 3. The number of ether oxygens (including phenoxy) is 1. The molecule has 0 saturated carbocycles. The van der Waals surface area contributed by atoms with Crippen molar-refractivity contribution in [1.82, 2.24) is 14.7 Å². The largest absolute Gasteiger partial charge is 0.380 e. The summed E-state index contributed by atoms with van der Waals surface area (Å²) in [5.74, 6) is 0.304. The zero-order chi connectivity index (χ0) is 14.7. The minimum absolute atomic E-state index is 0.0384. The summed E-state index contributed by atoms with van der Waals surface area (Å²) < 4.78 is 5.30. The van der Waals surface area contributed by atoms with Crippen LogP contribution in [0.15, 0.2) is 0 Å². The van der Waals surface area contributed by atoms with Gasteiger partial charge in [0.25, 0.3) is 0 Å². The van der Waals surface area contributed by atoms with Gasteiger partial charge in [-0.3, -0.25) is 4.79 Å². The van der Waals surface area contributed by atoms with Crippen LogP contribution < -0.4 is 0 Å². The highest BCUT2D eigenvalue weighted by Crippen LogP contribution is 2.23. The molecule has 2 aliphatic heterocycles. The van der Waals surface area contributed by atoms with Gasteiger partial charge in [-0.2, -0.15) is 0 Å². The maximum atomic E-state index is 12.4. The van der Waals surface area contributed by atoms with Gasteiger partial charge in [-0.25, -0.2) is 4.79 Å². The highest BCUT2D eigenvalue weighted by Gasteiger charge is 2.33. The van der Waals surface area contributed by atoms with Crippen LogP contribution in [0.25, 0.3) is 0 Å². The van der Waals surface area contributed by atoms with Crippen LogP contribution in [0.4, 0.5) is 4.79 Å². The first-order chi connectivity index (χ1) is 9.52. The number of rotatable bonds is 2. The van der Waals surface area contributed by atoms with Crippen LogP contribution in [0, 0.1) is 5.92 Å². The zero-order valence-corrected chi connectivity index (χ0v) is 12.7. The van der Waals surface area contributed by atoms with Gasteiger partial charge in [0, 0.05) is 53.3 Å². The minimum Gasteiger partial charge on any atom is -0.380 e. The second-order valence-corrected chi connectivity index (χ2v) is 5.87. The van der Waals surface area contributed by atoms with E-state index in [1.165, 1.54) is 0 Å². The first-order valence-electron chi connectivity index (χ1n) is 7.30. The molecule has 2 fully saturated rings. The minimum atomic E-state index is 0.0384. The van der Waals surface area contributed by atoms with E-state index in [2.05, 4.69) is 0 Å². The highest BCUT2D eigenvalue weighted by atomic mass is 16.5. The van der Waals surface area contributed by atoms with E-state index in [-0.39, 0.29) is 24.0 Å². The molecule has 0 spiro atoms. The average Bonchev–Trinajstić information content (AvgIpc) is 2.94. The summed E-state index contributed by atoms with van der Waals surface area (Å²) >= 11 is 0. The molecule has 0 N–H and O–H groups in total. The van der Waals surface area contributed by atoms with E-state index in [0.29, 0.717) is 19.6 Å². The Hall–Kier alpha value is -1.30. The number of urea groups is 1. The van der Waals surface area contributed by atoms with Crippen molar-refractivity contribution >= 4 is 11.9 Å². The molecule has 0 aromatic heterocycles. The molecule has 0 unspecified atom stereocenters. The standard InChI is InChI=1S/C14H25N3O3/c1-15(2)14(19)16-7-4-11(5-8-16)13(18)17-9-6-12(10-17)20-3/h11-12H,4-10H2,1-3H3/t12-/m1/s1. The number of carbonyl (C=O) groups is 2. The summed E-state index contributed by atoms with van der Waals surface area (Å²) in [4.78, 5) is 29.6. The number of hydrogen-bond acceptors (Lipinski definition) is 3. The van der Waals surface area contributed by atoms with Gasteiger partial charge in [0.15, 0.2) is 0 Å². The summed E-state index contributed by atoms with van der Waals surface area (Å²) in [6.45, 7) is 2.87. The van der Waals surface area contributed by atoms with Gasteiger partial charge in [-0.05, 0) is 19.3 Å². The Morgan fingerprint density at radius 1 is 1.05 bits per heavy atom. The normalized spacial score (nSPS) is 24.1. The van der Waals surface area contributed by atoms with Crippen molar-refractivity contribution in [3.05, 3.63) is 0 Å². The highest BCUT2D eigenvalue weighted by molar-refractivity contribution is 5.80. The third kappa shape index (κ3) is 3.23. The van der Waals surface area contributed by atoms with Gasteiger partial charge in [0.1, 0.15) is 0 Å². The first-order valence-corrected chi connectivity index (χ1v) is 7.30. The lowest BCUT2D eigenvalue weighted by Gasteiger charge is -2.34. The monoisotopic (exact) mass is 283 g/mol. The lowest BCUT2D eigenvalue weighted by atomic mass is 9.95. The second kappa shape index (κ2) is 6.43.